The molecule has 0 aliphatic heterocycles. The van der Waals surface area contributed by atoms with Crippen LogP contribution in [0.25, 0.3) is 10.9 Å². The van der Waals surface area contributed by atoms with Crippen LogP contribution in [0.4, 0.5) is 0 Å². The van der Waals surface area contributed by atoms with E-state index in [1.165, 1.54) is 24.8 Å². The molecule has 0 saturated heterocycles. The molecule has 8 heteroatoms. The van der Waals surface area contributed by atoms with Crippen LogP contribution in [-0.2, 0) is 6.54 Å². The second-order valence-electron chi connectivity index (χ2n) is 9.23. The normalized spacial score (nSPS) is 15.5. The van der Waals surface area contributed by atoms with E-state index in [9.17, 15) is 4.79 Å². The molecule has 0 spiro atoms. The average molecular weight is 473 g/mol. The second-order valence-corrected chi connectivity index (χ2v) is 9.23. The van der Waals surface area contributed by atoms with Crippen molar-refractivity contribution in [1.29, 1.82) is 0 Å². The molecule has 2 aromatic carbocycles. The summed E-state index contributed by atoms with van der Waals surface area (Å²) < 4.78 is 7.32. The molecule has 1 N–H and O–H groups in total. The highest BCUT2D eigenvalue weighted by Gasteiger charge is 2.32. The van der Waals surface area contributed by atoms with Gasteiger partial charge in [-0.1, -0.05) is 56.5 Å². The van der Waals surface area contributed by atoms with E-state index in [0.717, 1.165) is 36.1 Å². The lowest BCUT2D eigenvalue weighted by Crippen LogP contribution is -2.35. The fraction of sp³-hybridized carbons (Fsp3) is 0.407. The Bertz CT molecular complexity index is 1330. The molecule has 0 radical (unpaired) electrons. The van der Waals surface area contributed by atoms with Crippen molar-refractivity contribution in [1.82, 2.24) is 30.1 Å². The van der Waals surface area contributed by atoms with E-state index in [1.54, 1.807) is 7.11 Å². The third-order valence-electron chi connectivity index (χ3n) is 7.06. The lowest BCUT2D eigenvalue weighted by molar-refractivity contribution is 0.204. The Morgan fingerprint density at radius 2 is 1.91 bits per heavy atom. The number of aromatic nitrogens is 5. The maximum Gasteiger partial charge on any atom is 0.253 e. The number of methoxy groups -OCH3 is 1. The van der Waals surface area contributed by atoms with Crippen LogP contribution in [0.2, 0.25) is 0 Å². The standard InChI is InChI=1S/C27H32N6O2/c1-3-32(18-19-10-6-4-7-11-19)25(26-29-30-31-33(26)21-12-8-5-9-13-21)23-16-20-14-15-22(35-2)17-24(20)28-27(23)34/h4,6-7,10-11,14-17,21,25H,3,5,8-9,12-13,18H2,1-2H3,(H,28,34). The van der Waals surface area contributed by atoms with Gasteiger partial charge in [-0.3, -0.25) is 9.69 Å². The van der Waals surface area contributed by atoms with Crippen LogP contribution in [-0.4, -0.2) is 43.7 Å². The number of H-pyrrole nitrogens is 1. The fourth-order valence-corrected chi connectivity index (χ4v) is 5.20. The molecule has 8 nitrogen and oxygen atoms in total. The van der Waals surface area contributed by atoms with Crippen molar-refractivity contribution in [3.05, 3.63) is 81.9 Å². The van der Waals surface area contributed by atoms with Crippen LogP contribution in [0.1, 0.15) is 68.1 Å². The molecule has 4 aromatic rings. The number of benzene rings is 2. The molecule has 1 saturated carbocycles. The van der Waals surface area contributed by atoms with Crippen molar-refractivity contribution < 1.29 is 4.74 Å². The molecule has 2 heterocycles. The van der Waals surface area contributed by atoms with Gasteiger partial charge < -0.3 is 9.72 Å². The Kier molecular flexibility index (Phi) is 6.90. The summed E-state index contributed by atoms with van der Waals surface area (Å²) in [6, 6.07) is 17.9. The van der Waals surface area contributed by atoms with Crippen molar-refractivity contribution in [2.24, 2.45) is 0 Å². The molecule has 182 valence electrons. The second kappa shape index (κ2) is 10.4. The minimum atomic E-state index is -0.382. The zero-order chi connectivity index (χ0) is 24.2. The molecule has 0 bridgehead atoms. The molecule has 1 aliphatic rings. The van der Waals surface area contributed by atoms with Gasteiger partial charge in [-0.2, -0.15) is 0 Å². The SMILES string of the molecule is CCN(Cc1ccccc1)C(c1cc2ccc(OC)cc2[nH]c1=O)c1nnnn1C1CCCCC1. The maximum atomic E-state index is 13.5. The van der Waals surface area contributed by atoms with E-state index < -0.39 is 0 Å². The van der Waals surface area contributed by atoms with Gasteiger partial charge in [-0.25, -0.2) is 4.68 Å². The van der Waals surface area contributed by atoms with E-state index in [2.05, 4.69) is 44.5 Å². The first-order chi connectivity index (χ1) is 17.2. The zero-order valence-corrected chi connectivity index (χ0v) is 20.4. The molecular weight excluding hydrogens is 440 g/mol. The Balaban J connectivity index is 1.64. The molecular formula is C27H32N6O2. The molecule has 35 heavy (non-hydrogen) atoms. The number of pyridine rings is 1. The van der Waals surface area contributed by atoms with Gasteiger partial charge in [0.2, 0.25) is 0 Å². The summed E-state index contributed by atoms with van der Waals surface area (Å²) in [5.41, 5.74) is 2.43. The highest BCUT2D eigenvalue weighted by atomic mass is 16.5. The zero-order valence-electron chi connectivity index (χ0n) is 20.4. The first-order valence-corrected chi connectivity index (χ1v) is 12.4. The van der Waals surface area contributed by atoms with Crippen molar-refractivity contribution in [2.75, 3.05) is 13.7 Å². The first kappa shape index (κ1) is 23.2. The number of nitrogens with one attached hydrogen (secondary N) is 1. The number of fused-ring (bicyclic) bond motifs is 1. The summed E-state index contributed by atoms with van der Waals surface area (Å²) in [5.74, 6) is 1.44. The predicted octanol–water partition coefficient (Wildman–Crippen LogP) is 4.64. The number of nitrogens with zero attached hydrogens (tertiary/aromatic N) is 5. The molecule has 2 aromatic heterocycles. The number of hydrogen-bond acceptors (Lipinski definition) is 6. The smallest absolute Gasteiger partial charge is 0.253 e. The van der Waals surface area contributed by atoms with Gasteiger partial charge in [0.1, 0.15) is 11.8 Å². The van der Waals surface area contributed by atoms with Gasteiger partial charge in [-0.15, -0.1) is 5.10 Å². The summed E-state index contributed by atoms with van der Waals surface area (Å²) in [6.45, 7) is 3.53. The predicted molar refractivity (Wildman–Crippen MR) is 135 cm³/mol. The van der Waals surface area contributed by atoms with E-state index in [4.69, 9.17) is 4.74 Å². The molecule has 1 atom stereocenters. The summed E-state index contributed by atoms with van der Waals surface area (Å²) in [6.07, 6.45) is 5.72. The minimum absolute atomic E-state index is 0.138. The van der Waals surface area contributed by atoms with E-state index >= 15 is 0 Å². The van der Waals surface area contributed by atoms with Crippen LogP contribution in [0.5, 0.6) is 5.75 Å². The average Bonchev–Trinajstić information content (AvgIpc) is 3.38. The van der Waals surface area contributed by atoms with Crippen molar-refractivity contribution in [3.63, 3.8) is 0 Å². The van der Waals surface area contributed by atoms with Gasteiger partial charge >= 0.3 is 0 Å². The third kappa shape index (κ3) is 4.84. The number of ether oxygens (including phenoxy) is 1. The van der Waals surface area contributed by atoms with Gasteiger partial charge in [0.25, 0.3) is 5.56 Å². The lowest BCUT2D eigenvalue weighted by atomic mass is 9.95. The minimum Gasteiger partial charge on any atom is -0.497 e. The molecule has 0 amide bonds. The monoisotopic (exact) mass is 472 g/mol. The van der Waals surface area contributed by atoms with Gasteiger partial charge in [0.05, 0.1) is 18.7 Å². The molecule has 5 rings (SSSR count). The maximum absolute atomic E-state index is 13.5. The largest absolute Gasteiger partial charge is 0.497 e. The fourth-order valence-electron chi connectivity index (χ4n) is 5.20. The van der Waals surface area contributed by atoms with E-state index in [-0.39, 0.29) is 17.6 Å². The molecule has 1 fully saturated rings. The third-order valence-corrected chi connectivity index (χ3v) is 7.06. The summed E-state index contributed by atoms with van der Waals surface area (Å²) in [7, 11) is 1.62. The Morgan fingerprint density at radius 3 is 2.66 bits per heavy atom. The highest BCUT2D eigenvalue weighted by molar-refractivity contribution is 5.80. The number of hydrogen-bond donors (Lipinski definition) is 1. The van der Waals surface area contributed by atoms with Gasteiger partial charge in [0.15, 0.2) is 5.82 Å². The van der Waals surface area contributed by atoms with Gasteiger partial charge in [0, 0.05) is 18.2 Å². The van der Waals surface area contributed by atoms with Crippen molar-refractivity contribution in [3.8, 4) is 5.75 Å². The summed E-state index contributed by atoms with van der Waals surface area (Å²) in [5, 5.41) is 14.0. The quantitative estimate of drug-likeness (QED) is 0.402. The number of rotatable bonds is 8. The number of tetrazole rings is 1. The lowest BCUT2D eigenvalue weighted by Gasteiger charge is -2.32. The van der Waals surface area contributed by atoms with Crippen LogP contribution < -0.4 is 10.3 Å². The Labute approximate surface area is 204 Å². The van der Waals surface area contributed by atoms with Gasteiger partial charge in [-0.05, 0) is 59.0 Å². The first-order valence-electron chi connectivity index (χ1n) is 12.4. The molecule has 1 aliphatic carbocycles. The highest BCUT2D eigenvalue weighted by Crippen LogP contribution is 2.33. The number of aromatic amines is 1. The van der Waals surface area contributed by atoms with E-state index in [0.29, 0.717) is 17.9 Å². The van der Waals surface area contributed by atoms with Crippen LogP contribution in [0, 0.1) is 0 Å². The van der Waals surface area contributed by atoms with Crippen LogP contribution >= 0.6 is 0 Å². The molecule has 1 unspecified atom stereocenters. The van der Waals surface area contributed by atoms with Crippen molar-refractivity contribution in [2.45, 2.75) is 57.7 Å². The van der Waals surface area contributed by atoms with E-state index in [1.807, 2.05) is 47.1 Å². The topological polar surface area (TPSA) is 88.9 Å². The van der Waals surface area contributed by atoms with Crippen LogP contribution in [0.15, 0.2) is 59.4 Å². The van der Waals surface area contributed by atoms with Crippen molar-refractivity contribution >= 4 is 10.9 Å². The Morgan fingerprint density at radius 1 is 1.11 bits per heavy atom. The van der Waals surface area contributed by atoms with Crippen LogP contribution in [0.3, 0.4) is 0 Å². The summed E-state index contributed by atoms with van der Waals surface area (Å²) in [4.78, 5) is 18.9. The summed E-state index contributed by atoms with van der Waals surface area (Å²) >= 11 is 0. The Hall–Kier alpha value is -3.52.